The van der Waals surface area contributed by atoms with Gasteiger partial charge in [-0.25, -0.2) is 13.7 Å². The van der Waals surface area contributed by atoms with E-state index in [1.54, 1.807) is 55.7 Å². The van der Waals surface area contributed by atoms with Gasteiger partial charge in [-0.2, -0.15) is 0 Å². The number of para-hydroxylation sites is 1. The van der Waals surface area contributed by atoms with Gasteiger partial charge in [0.15, 0.2) is 0 Å². The van der Waals surface area contributed by atoms with Crippen molar-refractivity contribution in [1.82, 2.24) is 10.1 Å². The average molecular weight is 440 g/mol. The molecule has 0 saturated heterocycles. The summed E-state index contributed by atoms with van der Waals surface area (Å²) in [4.78, 5) is 18.3. The first kappa shape index (κ1) is 20.7. The number of halogens is 3. The Morgan fingerprint density at radius 2 is 1.84 bits per heavy atom. The molecule has 0 unspecified atom stereocenters. The Labute approximate surface area is 181 Å². The Morgan fingerprint density at radius 3 is 2.52 bits per heavy atom. The summed E-state index contributed by atoms with van der Waals surface area (Å²) >= 11 is 6.37. The summed E-state index contributed by atoms with van der Waals surface area (Å²) in [6.45, 7) is 1.70. The minimum atomic E-state index is -0.804. The van der Waals surface area contributed by atoms with Crippen LogP contribution >= 0.6 is 11.6 Å². The molecular formula is C23H16ClF2N3O2. The van der Waals surface area contributed by atoms with Crippen molar-refractivity contribution in [2.24, 2.45) is 0 Å². The summed E-state index contributed by atoms with van der Waals surface area (Å²) in [5.41, 5.74) is 1.50. The number of anilines is 2. The second-order valence-electron chi connectivity index (χ2n) is 6.61. The van der Waals surface area contributed by atoms with Gasteiger partial charge in [-0.15, -0.1) is 0 Å². The van der Waals surface area contributed by atoms with E-state index in [-0.39, 0.29) is 29.5 Å². The summed E-state index contributed by atoms with van der Waals surface area (Å²) < 4.78 is 33.7. The van der Waals surface area contributed by atoms with Crippen molar-refractivity contribution in [1.29, 1.82) is 0 Å². The first-order valence-corrected chi connectivity index (χ1v) is 9.82. The molecule has 0 N–H and O–H groups in total. The van der Waals surface area contributed by atoms with E-state index in [9.17, 15) is 13.6 Å². The van der Waals surface area contributed by atoms with Gasteiger partial charge in [-0.1, -0.05) is 35.8 Å². The molecule has 0 aliphatic heterocycles. The monoisotopic (exact) mass is 439 g/mol. The van der Waals surface area contributed by atoms with Crippen LogP contribution in [0.5, 0.6) is 0 Å². The van der Waals surface area contributed by atoms with E-state index < -0.39 is 11.6 Å². The molecule has 0 bridgehead atoms. The lowest BCUT2D eigenvalue weighted by Crippen LogP contribution is -2.25. The van der Waals surface area contributed by atoms with Crippen LogP contribution in [0.1, 0.15) is 13.3 Å². The van der Waals surface area contributed by atoms with Crippen LogP contribution in [0, 0.1) is 11.6 Å². The lowest BCUT2D eigenvalue weighted by molar-refractivity contribution is -0.117. The third-order valence-electron chi connectivity index (χ3n) is 4.68. The van der Waals surface area contributed by atoms with E-state index in [0.717, 1.165) is 12.1 Å². The highest BCUT2D eigenvalue weighted by molar-refractivity contribution is 6.34. The quantitative estimate of drug-likeness (QED) is 0.360. The van der Waals surface area contributed by atoms with Crippen LogP contribution in [0.2, 0.25) is 5.02 Å². The lowest BCUT2D eigenvalue weighted by atomic mass is 10.0. The fourth-order valence-electron chi connectivity index (χ4n) is 3.23. The molecule has 5 nitrogen and oxygen atoms in total. The highest BCUT2D eigenvalue weighted by Crippen LogP contribution is 2.44. The highest BCUT2D eigenvalue weighted by atomic mass is 35.5. The van der Waals surface area contributed by atoms with E-state index >= 15 is 0 Å². The average Bonchev–Trinajstić information content (AvgIpc) is 3.20. The molecule has 4 aromatic rings. The summed E-state index contributed by atoms with van der Waals surface area (Å²) in [6, 6.07) is 13.3. The maximum atomic E-state index is 14.6. The number of rotatable bonds is 5. The van der Waals surface area contributed by atoms with Crippen LogP contribution in [-0.2, 0) is 4.79 Å². The molecule has 0 radical (unpaired) electrons. The second-order valence-corrected chi connectivity index (χ2v) is 7.01. The highest BCUT2D eigenvalue weighted by Gasteiger charge is 2.30. The van der Waals surface area contributed by atoms with E-state index in [0.29, 0.717) is 21.8 Å². The maximum Gasteiger partial charge on any atom is 0.247 e. The van der Waals surface area contributed by atoms with Gasteiger partial charge in [-0.05, 0) is 42.0 Å². The molecule has 0 aliphatic rings. The molecule has 0 aliphatic carbocycles. The van der Waals surface area contributed by atoms with Crippen LogP contribution < -0.4 is 4.90 Å². The molecule has 1 amide bonds. The normalized spacial score (nSPS) is 10.8. The number of carbonyl (C=O) groups excluding carboxylic acids is 1. The fourth-order valence-corrected chi connectivity index (χ4v) is 3.45. The molecule has 0 saturated carbocycles. The number of carbonyl (C=O) groups is 1. The van der Waals surface area contributed by atoms with Crippen molar-refractivity contribution in [3.05, 3.63) is 83.6 Å². The first-order valence-electron chi connectivity index (χ1n) is 9.44. The lowest BCUT2D eigenvalue weighted by Gasteiger charge is -2.21. The van der Waals surface area contributed by atoms with Gasteiger partial charge in [0.2, 0.25) is 11.8 Å². The standard InChI is InChI=1S/C23H16ClF2N3O2/c1-2-20(30)29(19-6-4-3-5-17(19)24)23-21(14-9-11-27-12-10-14)22(28-31-23)16-8-7-15(25)13-18(16)26/h3-13H,2H2,1H3. The number of pyridine rings is 1. The van der Waals surface area contributed by atoms with E-state index in [1.807, 2.05) is 0 Å². The molecule has 2 heterocycles. The Kier molecular flexibility index (Phi) is 5.77. The molecule has 0 spiro atoms. The zero-order valence-corrected chi connectivity index (χ0v) is 17.1. The Hall–Kier alpha value is -3.58. The molecule has 8 heteroatoms. The van der Waals surface area contributed by atoms with Crippen molar-refractivity contribution >= 4 is 29.1 Å². The molecule has 31 heavy (non-hydrogen) atoms. The van der Waals surface area contributed by atoms with E-state index in [1.165, 1.54) is 11.0 Å². The maximum absolute atomic E-state index is 14.6. The summed E-state index contributed by atoms with van der Waals surface area (Å²) in [5, 5.41) is 4.38. The fraction of sp³-hybridized carbons (Fsp3) is 0.0870. The Morgan fingerprint density at radius 1 is 1.10 bits per heavy atom. The van der Waals surface area contributed by atoms with Crippen LogP contribution in [0.4, 0.5) is 20.4 Å². The summed E-state index contributed by atoms with van der Waals surface area (Å²) in [6.07, 6.45) is 3.26. The van der Waals surface area contributed by atoms with Crippen LogP contribution in [0.15, 0.2) is 71.5 Å². The number of hydrogen-bond donors (Lipinski definition) is 0. The van der Waals surface area contributed by atoms with Crippen LogP contribution in [0.25, 0.3) is 22.4 Å². The SMILES string of the molecule is CCC(=O)N(c1ccccc1Cl)c1onc(-c2ccc(F)cc2F)c1-c1ccncc1. The molecule has 0 atom stereocenters. The topological polar surface area (TPSA) is 59.2 Å². The zero-order valence-electron chi connectivity index (χ0n) is 16.3. The largest absolute Gasteiger partial charge is 0.336 e. The molecule has 2 aromatic carbocycles. The predicted molar refractivity (Wildman–Crippen MR) is 114 cm³/mol. The third kappa shape index (κ3) is 3.92. The van der Waals surface area contributed by atoms with Crippen molar-refractivity contribution in [3.8, 4) is 22.4 Å². The van der Waals surface area contributed by atoms with Crippen molar-refractivity contribution in [2.45, 2.75) is 13.3 Å². The van der Waals surface area contributed by atoms with Gasteiger partial charge >= 0.3 is 0 Å². The van der Waals surface area contributed by atoms with E-state index in [2.05, 4.69) is 10.1 Å². The van der Waals surface area contributed by atoms with Crippen LogP contribution in [0.3, 0.4) is 0 Å². The van der Waals surface area contributed by atoms with Crippen molar-refractivity contribution in [3.63, 3.8) is 0 Å². The summed E-state index contributed by atoms with van der Waals surface area (Å²) in [5.74, 6) is -1.74. The van der Waals surface area contributed by atoms with Gasteiger partial charge in [0, 0.05) is 30.4 Å². The van der Waals surface area contributed by atoms with Gasteiger partial charge in [0.05, 0.1) is 16.3 Å². The zero-order chi connectivity index (χ0) is 22.0. The number of hydrogen-bond acceptors (Lipinski definition) is 4. The first-order chi connectivity index (χ1) is 15.0. The number of amides is 1. The molecule has 4 rings (SSSR count). The Bertz CT molecular complexity index is 1240. The van der Waals surface area contributed by atoms with Crippen molar-refractivity contribution in [2.75, 3.05) is 4.90 Å². The number of aromatic nitrogens is 2. The molecule has 0 fully saturated rings. The molecule has 2 aromatic heterocycles. The predicted octanol–water partition coefficient (Wildman–Crippen LogP) is 6.41. The van der Waals surface area contributed by atoms with Gasteiger partial charge in [-0.3, -0.25) is 9.78 Å². The summed E-state index contributed by atoms with van der Waals surface area (Å²) in [7, 11) is 0. The molecule has 156 valence electrons. The van der Waals surface area contributed by atoms with E-state index in [4.69, 9.17) is 16.1 Å². The second kappa shape index (κ2) is 8.65. The van der Waals surface area contributed by atoms with Crippen LogP contribution in [-0.4, -0.2) is 16.0 Å². The third-order valence-corrected chi connectivity index (χ3v) is 5.00. The Balaban J connectivity index is 2.01. The van der Waals surface area contributed by atoms with Gasteiger partial charge in [0.1, 0.15) is 17.3 Å². The number of nitrogens with zero attached hydrogens (tertiary/aromatic N) is 3. The minimum absolute atomic E-state index is 0.0336. The van der Waals surface area contributed by atoms with Gasteiger partial charge in [0.25, 0.3) is 0 Å². The van der Waals surface area contributed by atoms with Gasteiger partial charge < -0.3 is 4.52 Å². The molecular weight excluding hydrogens is 424 g/mol. The smallest absolute Gasteiger partial charge is 0.247 e. The van der Waals surface area contributed by atoms with Crippen molar-refractivity contribution < 1.29 is 18.1 Å². The minimum Gasteiger partial charge on any atom is -0.336 e. The number of benzene rings is 2.